The van der Waals surface area contributed by atoms with Crippen molar-refractivity contribution < 1.29 is 9.21 Å². The van der Waals surface area contributed by atoms with E-state index >= 15 is 0 Å². The van der Waals surface area contributed by atoms with E-state index in [2.05, 4.69) is 10.4 Å². The van der Waals surface area contributed by atoms with Crippen molar-refractivity contribution in [2.45, 2.75) is 13.5 Å². The Morgan fingerprint density at radius 2 is 2.14 bits per heavy atom. The number of nitrogens with zero attached hydrogens (tertiary/aromatic N) is 2. The first kappa shape index (κ1) is 13.1. The monoisotopic (exact) mass is 283 g/mol. The number of aryl methyl sites for hydroxylation is 1. The summed E-state index contributed by atoms with van der Waals surface area (Å²) in [6, 6.07) is 10.3. The smallest absolute Gasteiger partial charge is 0.360 e. The predicted octanol–water partition coefficient (Wildman–Crippen LogP) is 2.26. The number of hydrogen-bond acceptors (Lipinski definition) is 4. The van der Waals surface area contributed by atoms with Gasteiger partial charge in [-0.1, -0.05) is 18.2 Å². The predicted molar refractivity (Wildman–Crippen MR) is 78.3 cm³/mol. The van der Waals surface area contributed by atoms with E-state index in [1.54, 1.807) is 35.1 Å². The van der Waals surface area contributed by atoms with Gasteiger partial charge >= 0.3 is 5.63 Å². The van der Waals surface area contributed by atoms with Crippen LogP contribution in [0.4, 0.5) is 5.69 Å². The van der Waals surface area contributed by atoms with E-state index in [1.165, 1.54) is 0 Å². The van der Waals surface area contributed by atoms with E-state index in [9.17, 15) is 9.59 Å². The lowest BCUT2D eigenvalue weighted by Gasteiger charge is -2.06. The Labute approximate surface area is 120 Å². The molecule has 1 N–H and O–H groups in total. The van der Waals surface area contributed by atoms with Gasteiger partial charge in [-0.2, -0.15) is 5.10 Å². The van der Waals surface area contributed by atoms with Crippen molar-refractivity contribution in [2.24, 2.45) is 0 Å². The summed E-state index contributed by atoms with van der Waals surface area (Å²) in [7, 11) is 0. The van der Waals surface area contributed by atoms with Crippen LogP contribution in [-0.4, -0.2) is 15.7 Å². The average Bonchev–Trinajstić information content (AvgIpc) is 2.96. The number of anilines is 1. The van der Waals surface area contributed by atoms with Crippen LogP contribution in [0.15, 0.2) is 51.8 Å². The zero-order chi connectivity index (χ0) is 14.8. The molecule has 0 aliphatic carbocycles. The zero-order valence-electron chi connectivity index (χ0n) is 11.4. The fourth-order valence-electron chi connectivity index (χ4n) is 2.11. The second-order valence-electron chi connectivity index (χ2n) is 4.47. The summed E-state index contributed by atoms with van der Waals surface area (Å²) in [5.74, 6) is -0.392. The molecule has 0 aliphatic heterocycles. The van der Waals surface area contributed by atoms with Crippen molar-refractivity contribution in [1.82, 2.24) is 9.78 Å². The third-order valence-corrected chi connectivity index (χ3v) is 3.14. The van der Waals surface area contributed by atoms with Gasteiger partial charge in [0.2, 0.25) is 0 Å². The van der Waals surface area contributed by atoms with E-state index in [4.69, 9.17) is 4.42 Å². The average molecular weight is 283 g/mol. The van der Waals surface area contributed by atoms with E-state index < -0.39 is 11.5 Å². The van der Waals surface area contributed by atoms with Gasteiger partial charge in [0, 0.05) is 18.1 Å². The molecule has 1 amide bonds. The maximum atomic E-state index is 12.2. The van der Waals surface area contributed by atoms with E-state index in [-0.39, 0.29) is 5.69 Å². The Balaban J connectivity index is 1.96. The minimum Gasteiger partial charge on any atom is -0.421 e. The van der Waals surface area contributed by atoms with Gasteiger partial charge in [-0.05, 0) is 25.1 Å². The van der Waals surface area contributed by atoms with E-state index in [0.717, 1.165) is 5.39 Å². The van der Waals surface area contributed by atoms with Crippen LogP contribution in [0, 0.1) is 0 Å². The standard InChI is InChI=1S/C15H13N3O3/c1-2-18-12(7-8-16-18)14(19)17-11-9-10-5-3-4-6-13(10)21-15(11)20/h3-9H,2H2,1H3,(H,17,19). The third-order valence-electron chi connectivity index (χ3n) is 3.14. The van der Waals surface area contributed by atoms with Gasteiger partial charge in [-0.3, -0.25) is 9.48 Å². The number of hydrogen-bond donors (Lipinski definition) is 1. The fourth-order valence-corrected chi connectivity index (χ4v) is 2.11. The van der Waals surface area contributed by atoms with Gasteiger partial charge in [0.05, 0.1) is 0 Å². The van der Waals surface area contributed by atoms with Gasteiger partial charge in [-0.15, -0.1) is 0 Å². The molecular weight excluding hydrogens is 270 g/mol. The molecule has 0 spiro atoms. The first-order valence-electron chi connectivity index (χ1n) is 6.55. The molecule has 1 aromatic carbocycles. The van der Waals surface area contributed by atoms with Crippen molar-refractivity contribution in [3.63, 3.8) is 0 Å². The molecule has 2 aromatic heterocycles. The second kappa shape index (κ2) is 5.24. The Bertz CT molecular complexity index is 864. The molecule has 0 saturated carbocycles. The Morgan fingerprint density at radius 3 is 2.95 bits per heavy atom. The molecule has 2 heterocycles. The number of amides is 1. The molecule has 0 atom stereocenters. The topological polar surface area (TPSA) is 77.1 Å². The molecule has 21 heavy (non-hydrogen) atoms. The van der Waals surface area contributed by atoms with Crippen LogP contribution >= 0.6 is 0 Å². The van der Waals surface area contributed by atoms with E-state index in [0.29, 0.717) is 17.8 Å². The number of carbonyl (C=O) groups is 1. The van der Waals surface area contributed by atoms with Crippen molar-refractivity contribution in [2.75, 3.05) is 5.32 Å². The molecule has 0 fully saturated rings. The molecule has 106 valence electrons. The van der Waals surface area contributed by atoms with Crippen LogP contribution in [0.3, 0.4) is 0 Å². The maximum Gasteiger partial charge on any atom is 0.360 e. The summed E-state index contributed by atoms with van der Waals surface area (Å²) < 4.78 is 6.73. The van der Waals surface area contributed by atoms with Crippen LogP contribution < -0.4 is 10.9 Å². The molecule has 0 aliphatic rings. The van der Waals surface area contributed by atoms with Crippen LogP contribution in [0.25, 0.3) is 11.0 Å². The molecule has 0 radical (unpaired) electrons. The van der Waals surface area contributed by atoms with Gasteiger partial charge in [0.15, 0.2) is 0 Å². The lowest BCUT2D eigenvalue weighted by molar-refractivity contribution is 0.101. The first-order chi connectivity index (χ1) is 10.2. The molecule has 0 unspecified atom stereocenters. The maximum absolute atomic E-state index is 12.2. The van der Waals surface area contributed by atoms with Gasteiger partial charge < -0.3 is 9.73 Å². The van der Waals surface area contributed by atoms with Crippen molar-refractivity contribution in [3.8, 4) is 0 Å². The number of para-hydroxylation sites is 1. The molecule has 3 aromatic rings. The number of benzene rings is 1. The van der Waals surface area contributed by atoms with Crippen molar-refractivity contribution >= 4 is 22.6 Å². The van der Waals surface area contributed by atoms with Crippen molar-refractivity contribution in [3.05, 3.63) is 58.7 Å². The van der Waals surface area contributed by atoms with Crippen LogP contribution in [-0.2, 0) is 6.54 Å². The van der Waals surface area contributed by atoms with Crippen molar-refractivity contribution in [1.29, 1.82) is 0 Å². The number of fused-ring (bicyclic) bond motifs is 1. The molecule has 0 saturated heterocycles. The van der Waals surface area contributed by atoms with Crippen LogP contribution in [0.2, 0.25) is 0 Å². The quantitative estimate of drug-likeness (QED) is 0.748. The zero-order valence-corrected chi connectivity index (χ0v) is 11.4. The summed E-state index contributed by atoms with van der Waals surface area (Å²) in [6.45, 7) is 2.45. The minimum atomic E-state index is -0.579. The summed E-state index contributed by atoms with van der Waals surface area (Å²) in [4.78, 5) is 24.1. The lowest BCUT2D eigenvalue weighted by Crippen LogP contribution is -2.21. The van der Waals surface area contributed by atoms with Gasteiger partial charge in [-0.25, -0.2) is 4.79 Å². The summed E-state index contributed by atoms with van der Waals surface area (Å²) in [6.07, 6.45) is 1.54. The van der Waals surface area contributed by atoms with Gasteiger partial charge in [0.1, 0.15) is 17.0 Å². The van der Waals surface area contributed by atoms with Crippen LogP contribution in [0.1, 0.15) is 17.4 Å². The first-order valence-corrected chi connectivity index (χ1v) is 6.55. The highest BCUT2D eigenvalue weighted by Crippen LogP contribution is 2.15. The normalized spacial score (nSPS) is 10.7. The summed E-state index contributed by atoms with van der Waals surface area (Å²) in [5, 5.41) is 7.34. The van der Waals surface area contributed by atoms with Gasteiger partial charge in [0.25, 0.3) is 5.91 Å². The number of aromatic nitrogens is 2. The second-order valence-corrected chi connectivity index (χ2v) is 4.47. The molecule has 0 bridgehead atoms. The molecular formula is C15H13N3O3. The fraction of sp³-hybridized carbons (Fsp3) is 0.133. The third kappa shape index (κ3) is 2.43. The lowest BCUT2D eigenvalue weighted by atomic mass is 10.2. The Kier molecular flexibility index (Phi) is 3.27. The molecule has 6 nitrogen and oxygen atoms in total. The Morgan fingerprint density at radius 1 is 1.33 bits per heavy atom. The highest BCUT2D eigenvalue weighted by atomic mass is 16.4. The van der Waals surface area contributed by atoms with E-state index in [1.807, 2.05) is 19.1 Å². The summed E-state index contributed by atoms with van der Waals surface area (Å²) in [5.41, 5.74) is 0.413. The van der Waals surface area contributed by atoms with Crippen LogP contribution in [0.5, 0.6) is 0 Å². The largest absolute Gasteiger partial charge is 0.421 e. The minimum absolute atomic E-state index is 0.113. The Hall–Kier alpha value is -2.89. The highest BCUT2D eigenvalue weighted by molar-refractivity contribution is 6.03. The molecule has 6 heteroatoms. The highest BCUT2D eigenvalue weighted by Gasteiger charge is 2.14. The summed E-state index contributed by atoms with van der Waals surface area (Å²) >= 11 is 0. The number of rotatable bonds is 3. The number of carbonyl (C=O) groups excluding carboxylic acids is 1. The molecule has 3 rings (SSSR count). The SMILES string of the molecule is CCn1nccc1C(=O)Nc1cc2ccccc2oc1=O. The number of nitrogens with one attached hydrogen (secondary N) is 1.